The fourth-order valence-corrected chi connectivity index (χ4v) is 5.55. The molecular formula is C18H22N2O3. The molecule has 1 amide bonds. The van der Waals surface area contributed by atoms with Crippen molar-refractivity contribution in [1.82, 2.24) is 0 Å². The standard InChI is InChI=1S/C18H22N2O3/c1-11-4-15(20(22)23)2-3-16(11)19-17(21)18-8-12-5-13(9-18)7-14(6-12)10-18/h2-4,12-14H,5-10H2,1H3,(H,19,21). The molecule has 5 rings (SSSR count). The number of nitro groups is 1. The average Bonchev–Trinajstić information content (AvgIpc) is 2.47. The minimum atomic E-state index is -0.405. The van der Waals surface area contributed by atoms with E-state index in [0.717, 1.165) is 42.6 Å². The summed E-state index contributed by atoms with van der Waals surface area (Å²) in [5, 5.41) is 13.9. The lowest BCUT2D eigenvalue weighted by Crippen LogP contribution is -2.51. The van der Waals surface area contributed by atoms with Gasteiger partial charge in [0.15, 0.2) is 0 Å². The molecule has 0 radical (unpaired) electrons. The van der Waals surface area contributed by atoms with Gasteiger partial charge in [0.05, 0.1) is 10.3 Å². The van der Waals surface area contributed by atoms with Gasteiger partial charge in [-0.25, -0.2) is 0 Å². The van der Waals surface area contributed by atoms with E-state index < -0.39 is 4.92 Å². The van der Waals surface area contributed by atoms with Crippen molar-refractivity contribution in [2.45, 2.75) is 45.4 Å². The van der Waals surface area contributed by atoms with Crippen LogP contribution in [0.1, 0.15) is 44.1 Å². The van der Waals surface area contributed by atoms with Crippen molar-refractivity contribution in [1.29, 1.82) is 0 Å². The van der Waals surface area contributed by atoms with Crippen LogP contribution in [0.15, 0.2) is 18.2 Å². The molecule has 4 saturated carbocycles. The second-order valence-corrected chi connectivity index (χ2v) is 7.91. The SMILES string of the molecule is Cc1cc([N+](=O)[O-])ccc1NC(=O)C12CC3CC(CC(C3)C1)C2. The molecule has 4 bridgehead atoms. The number of nitrogens with one attached hydrogen (secondary N) is 1. The number of amides is 1. The van der Waals surface area contributed by atoms with Gasteiger partial charge in [-0.05, 0) is 74.8 Å². The molecule has 4 aliphatic rings. The van der Waals surface area contributed by atoms with Gasteiger partial charge in [-0.2, -0.15) is 0 Å². The number of rotatable bonds is 3. The van der Waals surface area contributed by atoms with Gasteiger partial charge in [-0.3, -0.25) is 14.9 Å². The van der Waals surface area contributed by atoms with Gasteiger partial charge in [0.25, 0.3) is 5.69 Å². The Morgan fingerprint density at radius 1 is 1.17 bits per heavy atom. The number of benzene rings is 1. The van der Waals surface area contributed by atoms with Gasteiger partial charge < -0.3 is 5.32 Å². The van der Waals surface area contributed by atoms with Gasteiger partial charge in [-0.15, -0.1) is 0 Å². The molecule has 0 unspecified atom stereocenters. The lowest BCUT2D eigenvalue weighted by atomic mass is 9.49. The van der Waals surface area contributed by atoms with Crippen molar-refractivity contribution in [3.63, 3.8) is 0 Å². The Kier molecular flexibility index (Phi) is 3.22. The first kappa shape index (κ1) is 14.7. The van der Waals surface area contributed by atoms with E-state index in [1.807, 2.05) is 6.92 Å². The second kappa shape index (κ2) is 5.05. The topological polar surface area (TPSA) is 72.2 Å². The van der Waals surface area contributed by atoms with Crippen LogP contribution in [-0.2, 0) is 4.79 Å². The van der Waals surface area contributed by atoms with E-state index in [9.17, 15) is 14.9 Å². The van der Waals surface area contributed by atoms with Crippen LogP contribution in [-0.4, -0.2) is 10.8 Å². The van der Waals surface area contributed by atoms with Crippen LogP contribution in [0.25, 0.3) is 0 Å². The highest BCUT2D eigenvalue weighted by Gasteiger charge is 2.54. The number of hydrogen-bond acceptors (Lipinski definition) is 3. The maximum atomic E-state index is 13.0. The van der Waals surface area contributed by atoms with Crippen molar-refractivity contribution in [2.24, 2.45) is 23.2 Å². The van der Waals surface area contributed by atoms with Crippen LogP contribution in [0.3, 0.4) is 0 Å². The predicted octanol–water partition coefficient (Wildman–Crippen LogP) is 4.06. The number of carbonyl (C=O) groups excluding carboxylic acids is 1. The Hall–Kier alpha value is -1.91. The summed E-state index contributed by atoms with van der Waals surface area (Å²) in [4.78, 5) is 23.4. The molecule has 1 aromatic carbocycles. The second-order valence-electron chi connectivity index (χ2n) is 7.91. The Balaban J connectivity index is 1.55. The molecule has 4 aliphatic carbocycles. The third-order valence-electron chi connectivity index (χ3n) is 6.19. The zero-order valence-electron chi connectivity index (χ0n) is 13.4. The molecule has 0 atom stereocenters. The minimum Gasteiger partial charge on any atom is -0.325 e. The predicted molar refractivity (Wildman–Crippen MR) is 87.1 cm³/mol. The smallest absolute Gasteiger partial charge is 0.269 e. The molecule has 1 aromatic rings. The van der Waals surface area contributed by atoms with Crippen LogP contribution < -0.4 is 5.32 Å². The number of nitrogens with zero attached hydrogens (tertiary/aromatic N) is 1. The van der Waals surface area contributed by atoms with Gasteiger partial charge >= 0.3 is 0 Å². The Morgan fingerprint density at radius 2 is 1.74 bits per heavy atom. The van der Waals surface area contributed by atoms with E-state index in [1.54, 1.807) is 6.07 Å². The summed E-state index contributed by atoms with van der Waals surface area (Å²) in [5.41, 5.74) is 1.33. The van der Waals surface area contributed by atoms with E-state index in [1.165, 1.54) is 31.4 Å². The van der Waals surface area contributed by atoms with Crippen LogP contribution in [0.2, 0.25) is 0 Å². The fraction of sp³-hybridized carbons (Fsp3) is 0.611. The summed E-state index contributed by atoms with van der Waals surface area (Å²) in [6.07, 6.45) is 7.00. The number of carbonyl (C=O) groups is 1. The van der Waals surface area contributed by atoms with Crippen molar-refractivity contribution in [3.8, 4) is 0 Å². The average molecular weight is 314 g/mol. The molecule has 5 nitrogen and oxygen atoms in total. The van der Waals surface area contributed by atoms with Crippen LogP contribution in [0.5, 0.6) is 0 Å². The third-order valence-corrected chi connectivity index (χ3v) is 6.19. The Labute approximate surface area is 135 Å². The monoisotopic (exact) mass is 314 g/mol. The molecule has 23 heavy (non-hydrogen) atoms. The maximum Gasteiger partial charge on any atom is 0.269 e. The van der Waals surface area contributed by atoms with Crippen molar-refractivity contribution < 1.29 is 9.72 Å². The molecule has 0 aliphatic heterocycles. The van der Waals surface area contributed by atoms with Crippen molar-refractivity contribution >= 4 is 17.3 Å². The minimum absolute atomic E-state index is 0.0651. The molecule has 4 fully saturated rings. The van der Waals surface area contributed by atoms with Crippen LogP contribution in [0, 0.1) is 40.2 Å². The summed E-state index contributed by atoms with van der Waals surface area (Å²) < 4.78 is 0. The first-order valence-corrected chi connectivity index (χ1v) is 8.52. The highest BCUT2D eigenvalue weighted by molar-refractivity contribution is 5.96. The molecular weight excluding hydrogens is 292 g/mol. The van der Waals surface area contributed by atoms with Crippen LogP contribution >= 0.6 is 0 Å². The molecule has 0 aromatic heterocycles. The number of aryl methyl sites for hydroxylation is 1. The van der Waals surface area contributed by atoms with Gasteiger partial charge in [-0.1, -0.05) is 0 Å². The van der Waals surface area contributed by atoms with Gasteiger partial charge in [0.2, 0.25) is 5.91 Å². The highest BCUT2D eigenvalue weighted by Crippen LogP contribution is 2.60. The highest BCUT2D eigenvalue weighted by atomic mass is 16.6. The van der Waals surface area contributed by atoms with E-state index in [0.29, 0.717) is 5.69 Å². The fourth-order valence-electron chi connectivity index (χ4n) is 5.55. The quantitative estimate of drug-likeness (QED) is 0.675. The van der Waals surface area contributed by atoms with Crippen molar-refractivity contribution in [3.05, 3.63) is 33.9 Å². The summed E-state index contributed by atoms with van der Waals surface area (Å²) >= 11 is 0. The number of hydrogen-bond donors (Lipinski definition) is 1. The summed E-state index contributed by atoms with van der Waals surface area (Å²) in [5.74, 6) is 2.31. The van der Waals surface area contributed by atoms with E-state index in [4.69, 9.17) is 0 Å². The van der Waals surface area contributed by atoms with E-state index >= 15 is 0 Å². The Bertz CT molecular complexity index is 648. The van der Waals surface area contributed by atoms with Gasteiger partial charge in [0, 0.05) is 17.8 Å². The molecule has 0 heterocycles. The molecule has 122 valence electrons. The van der Waals surface area contributed by atoms with E-state index in [2.05, 4.69) is 5.32 Å². The summed E-state index contributed by atoms with van der Waals surface area (Å²) in [7, 11) is 0. The molecule has 0 spiro atoms. The largest absolute Gasteiger partial charge is 0.325 e. The number of nitro benzene ring substituents is 1. The number of non-ortho nitro benzene ring substituents is 1. The molecule has 0 saturated heterocycles. The summed E-state index contributed by atoms with van der Waals surface area (Å²) in [6, 6.07) is 4.64. The zero-order valence-corrected chi connectivity index (χ0v) is 13.4. The maximum absolute atomic E-state index is 13.0. The Morgan fingerprint density at radius 3 is 2.22 bits per heavy atom. The van der Waals surface area contributed by atoms with E-state index in [-0.39, 0.29) is 17.0 Å². The number of anilines is 1. The lowest BCUT2D eigenvalue weighted by Gasteiger charge is -2.55. The molecule has 1 N–H and O–H groups in total. The molecule has 5 heteroatoms. The normalized spacial score (nSPS) is 34.4. The third kappa shape index (κ3) is 2.42. The van der Waals surface area contributed by atoms with Crippen LogP contribution in [0.4, 0.5) is 11.4 Å². The van der Waals surface area contributed by atoms with Gasteiger partial charge in [0.1, 0.15) is 0 Å². The zero-order chi connectivity index (χ0) is 16.2. The first-order valence-electron chi connectivity index (χ1n) is 8.52. The summed E-state index contributed by atoms with van der Waals surface area (Å²) in [6.45, 7) is 1.81. The first-order chi connectivity index (χ1) is 10.9. The van der Waals surface area contributed by atoms with Crippen molar-refractivity contribution in [2.75, 3.05) is 5.32 Å². The lowest BCUT2D eigenvalue weighted by molar-refractivity contribution is -0.384.